The Balaban J connectivity index is 1.55. The third kappa shape index (κ3) is 3.80. The summed E-state index contributed by atoms with van der Waals surface area (Å²) in [6.45, 7) is 3.95. The standard InChI is InChI=1S/C21H22N4O4S/c1-5-19-23-24-21(17-10-18-16(25(17)19)6-12(2)29-18)30-11-20(26)22-13-7-14(27-3)9-15(8-13)28-4/h6-10H,5,11H2,1-4H3,(H,22,26). The Hall–Kier alpha value is -3.20. The van der Waals surface area contributed by atoms with Crippen molar-refractivity contribution in [2.75, 3.05) is 25.3 Å². The molecule has 30 heavy (non-hydrogen) atoms. The molecule has 0 aliphatic rings. The van der Waals surface area contributed by atoms with E-state index in [9.17, 15) is 4.79 Å². The summed E-state index contributed by atoms with van der Waals surface area (Å²) < 4.78 is 18.3. The molecule has 0 spiro atoms. The Kier molecular flexibility index (Phi) is 5.54. The molecule has 156 valence electrons. The van der Waals surface area contributed by atoms with E-state index in [1.54, 1.807) is 32.4 Å². The zero-order chi connectivity index (χ0) is 21.3. The molecule has 0 saturated heterocycles. The van der Waals surface area contributed by atoms with Crippen LogP contribution in [-0.4, -0.2) is 40.5 Å². The first-order valence-electron chi connectivity index (χ1n) is 9.45. The monoisotopic (exact) mass is 426 g/mol. The second-order valence-corrected chi connectivity index (χ2v) is 7.65. The molecule has 4 rings (SSSR count). The Morgan fingerprint density at radius 2 is 1.83 bits per heavy atom. The highest BCUT2D eigenvalue weighted by Gasteiger charge is 2.17. The first kappa shape index (κ1) is 20.1. The molecule has 1 amide bonds. The molecule has 3 aromatic heterocycles. The lowest BCUT2D eigenvalue weighted by molar-refractivity contribution is -0.113. The van der Waals surface area contributed by atoms with Gasteiger partial charge in [0, 0.05) is 42.4 Å². The zero-order valence-corrected chi connectivity index (χ0v) is 18.0. The van der Waals surface area contributed by atoms with Crippen molar-refractivity contribution in [2.45, 2.75) is 25.3 Å². The van der Waals surface area contributed by atoms with Crippen LogP contribution in [0.5, 0.6) is 11.5 Å². The number of aromatic nitrogens is 3. The topological polar surface area (TPSA) is 90.9 Å². The normalized spacial score (nSPS) is 11.2. The molecule has 0 atom stereocenters. The van der Waals surface area contributed by atoms with Crippen LogP contribution in [0.15, 0.2) is 39.8 Å². The highest BCUT2D eigenvalue weighted by Crippen LogP contribution is 2.30. The van der Waals surface area contributed by atoms with Crippen molar-refractivity contribution in [3.63, 3.8) is 0 Å². The molecule has 8 nitrogen and oxygen atoms in total. The molecule has 0 fully saturated rings. The highest BCUT2D eigenvalue weighted by molar-refractivity contribution is 8.00. The number of aryl methyl sites for hydroxylation is 2. The summed E-state index contributed by atoms with van der Waals surface area (Å²) in [4.78, 5) is 12.5. The zero-order valence-electron chi connectivity index (χ0n) is 17.2. The molecule has 0 aliphatic carbocycles. The predicted molar refractivity (Wildman–Crippen MR) is 116 cm³/mol. The number of rotatable bonds is 7. The number of thioether (sulfide) groups is 1. The van der Waals surface area contributed by atoms with E-state index in [-0.39, 0.29) is 11.7 Å². The van der Waals surface area contributed by atoms with Gasteiger partial charge in [0.25, 0.3) is 0 Å². The number of hydrogen-bond acceptors (Lipinski definition) is 7. The second kappa shape index (κ2) is 8.27. The fourth-order valence-electron chi connectivity index (χ4n) is 3.29. The number of furan rings is 1. The third-order valence-electron chi connectivity index (χ3n) is 4.64. The minimum absolute atomic E-state index is 0.166. The van der Waals surface area contributed by atoms with Crippen molar-refractivity contribution in [1.82, 2.24) is 14.6 Å². The van der Waals surface area contributed by atoms with E-state index in [0.717, 1.165) is 34.6 Å². The van der Waals surface area contributed by atoms with Crippen molar-refractivity contribution >= 4 is 40.0 Å². The van der Waals surface area contributed by atoms with Gasteiger partial charge in [-0.3, -0.25) is 9.20 Å². The van der Waals surface area contributed by atoms with E-state index >= 15 is 0 Å². The number of methoxy groups -OCH3 is 2. The summed E-state index contributed by atoms with van der Waals surface area (Å²) in [5.41, 5.74) is 3.23. The molecule has 0 bridgehead atoms. The number of nitrogens with zero attached hydrogens (tertiary/aromatic N) is 3. The molecule has 0 saturated carbocycles. The van der Waals surface area contributed by atoms with Crippen molar-refractivity contribution < 1.29 is 18.7 Å². The molecule has 4 aromatic rings. The van der Waals surface area contributed by atoms with E-state index in [1.807, 2.05) is 30.4 Å². The maximum Gasteiger partial charge on any atom is 0.234 e. The van der Waals surface area contributed by atoms with Crippen LogP contribution in [0.25, 0.3) is 16.6 Å². The molecule has 1 N–H and O–H groups in total. The van der Waals surface area contributed by atoms with Crippen LogP contribution in [0.2, 0.25) is 0 Å². The number of nitrogens with one attached hydrogen (secondary N) is 1. The van der Waals surface area contributed by atoms with Gasteiger partial charge < -0.3 is 19.2 Å². The van der Waals surface area contributed by atoms with Crippen LogP contribution >= 0.6 is 11.8 Å². The molecule has 3 heterocycles. The summed E-state index contributed by atoms with van der Waals surface area (Å²) in [7, 11) is 3.13. The van der Waals surface area contributed by atoms with Gasteiger partial charge in [0.2, 0.25) is 5.91 Å². The van der Waals surface area contributed by atoms with Crippen molar-refractivity contribution in [3.8, 4) is 11.5 Å². The van der Waals surface area contributed by atoms with E-state index in [0.29, 0.717) is 22.2 Å². The minimum atomic E-state index is -0.166. The minimum Gasteiger partial charge on any atom is -0.497 e. The maximum atomic E-state index is 12.5. The van der Waals surface area contributed by atoms with E-state index in [4.69, 9.17) is 13.9 Å². The van der Waals surface area contributed by atoms with Gasteiger partial charge in [-0.15, -0.1) is 10.2 Å². The van der Waals surface area contributed by atoms with E-state index in [1.165, 1.54) is 11.8 Å². The number of carbonyl (C=O) groups is 1. The fraction of sp³-hybridized carbons (Fsp3) is 0.286. The molecule has 0 unspecified atom stereocenters. The van der Waals surface area contributed by atoms with Gasteiger partial charge >= 0.3 is 0 Å². The first-order valence-corrected chi connectivity index (χ1v) is 10.4. The Morgan fingerprint density at radius 1 is 1.10 bits per heavy atom. The number of amides is 1. The highest BCUT2D eigenvalue weighted by atomic mass is 32.2. The quantitative estimate of drug-likeness (QED) is 0.445. The lowest BCUT2D eigenvalue weighted by Crippen LogP contribution is -2.14. The van der Waals surface area contributed by atoms with Crippen LogP contribution < -0.4 is 14.8 Å². The maximum absolute atomic E-state index is 12.5. The molecule has 1 aromatic carbocycles. The Morgan fingerprint density at radius 3 is 2.50 bits per heavy atom. The van der Waals surface area contributed by atoms with E-state index < -0.39 is 0 Å². The first-order chi connectivity index (χ1) is 14.5. The second-order valence-electron chi connectivity index (χ2n) is 6.68. The lowest BCUT2D eigenvalue weighted by atomic mass is 10.2. The van der Waals surface area contributed by atoms with Gasteiger partial charge in [0.15, 0.2) is 5.58 Å². The van der Waals surface area contributed by atoms with Gasteiger partial charge in [-0.25, -0.2) is 0 Å². The largest absolute Gasteiger partial charge is 0.497 e. The Bertz CT molecular complexity index is 1210. The molecule has 0 radical (unpaired) electrons. The van der Waals surface area contributed by atoms with Gasteiger partial charge in [0.05, 0.1) is 31.0 Å². The smallest absolute Gasteiger partial charge is 0.234 e. The van der Waals surface area contributed by atoms with Crippen LogP contribution in [0, 0.1) is 6.92 Å². The summed E-state index contributed by atoms with van der Waals surface area (Å²) in [5, 5.41) is 12.2. The number of hydrogen-bond donors (Lipinski definition) is 1. The number of anilines is 1. The fourth-order valence-corrected chi connectivity index (χ4v) is 4.03. The van der Waals surface area contributed by atoms with E-state index in [2.05, 4.69) is 15.5 Å². The van der Waals surface area contributed by atoms with Crippen LogP contribution in [-0.2, 0) is 11.2 Å². The summed E-state index contributed by atoms with van der Waals surface area (Å²) in [6, 6.07) is 9.16. The van der Waals surface area contributed by atoms with Crippen LogP contribution in [0.4, 0.5) is 5.69 Å². The molecule has 0 aliphatic heterocycles. The van der Waals surface area contributed by atoms with Crippen molar-refractivity contribution in [2.24, 2.45) is 0 Å². The number of ether oxygens (including phenoxy) is 2. The molecular formula is C21H22N4O4S. The summed E-state index contributed by atoms with van der Waals surface area (Å²) in [6.07, 6.45) is 0.737. The van der Waals surface area contributed by atoms with Gasteiger partial charge in [-0.1, -0.05) is 18.7 Å². The number of carbonyl (C=O) groups excluding carboxylic acids is 1. The number of fused-ring (bicyclic) bond motifs is 3. The van der Waals surface area contributed by atoms with Crippen LogP contribution in [0.1, 0.15) is 18.5 Å². The lowest BCUT2D eigenvalue weighted by Gasteiger charge is -2.10. The SMILES string of the molecule is CCc1nnc(SCC(=O)Nc2cc(OC)cc(OC)c2)c2cc3oc(C)cc3n12. The van der Waals surface area contributed by atoms with Gasteiger partial charge in [0.1, 0.15) is 28.1 Å². The predicted octanol–water partition coefficient (Wildman–Crippen LogP) is 4.09. The van der Waals surface area contributed by atoms with Crippen molar-refractivity contribution in [3.05, 3.63) is 41.9 Å². The average Bonchev–Trinajstić information content (AvgIpc) is 3.28. The van der Waals surface area contributed by atoms with Crippen LogP contribution in [0.3, 0.4) is 0 Å². The van der Waals surface area contributed by atoms with Crippen molar-refractivity contribution in [1.29, 1.82) is 0 Å². The van der Waals surface area contributed by atoms with Gasteiger partial charge in [-0.05, 0) is 6.92 Å². The Labute approximate surface area is 177 Å². The van der Waals surface area contributed by atoms with Gasteiger partial charge in [-0.2, -0.15) is 0 Å². The molecule has 9 heteroatoms. The summed E-state index contributed by atoms with van der Waals surface area (Å²) >= 11 is 1.33. The number of benzene rings is 1. The average molecular weight is 426 g/mol. The summed E-state index contributed by atoms with van der Waals surface area (Å²) in [5.74, 6) is 2.91. The third-order valence-corrected chi connectivity index (χ3v) is 5.61. The molecular weight excluding hydrogens is 404 g/mol.